The Kier molecular flexibility index (Phi) is 3.17. The van der Waals surface area contributed by atoms with E-state index in [1.54, 1.807) is 11.6 Å². The van der Waals surface area contributed by atoms with Crippen LogP contribution in [-0.4, -0.2) is 12.1 Å². The van der Waals surface area contributed by atoms with Crippen LogP contribution in [0.1, 0.15) is 33.1 Å². The largest absolute Gasteiger partial charge is 0.458 e. The summed E-state index contributed by atoms with van der Waals surface area (Å²) < 4.78 is 5.34. The van der Waals surface area contributed by atoms with Crippen molar-refractivity contribution in [2.75, 3.05) is 0 Å². The van der Waals surface area contributed by atoms with Crippen LogP contribution in [0.5, 0.6) is 0 Å². The second-order valence-corrected chi connectivity index (χ2v) is 4.99. The van der Waals surface area contributed by atoms with Gasteiger partial charge in [-0.15, -0.1) is 0 Å². The van der Waals surface area contributed by atoms with Gasteiger partial charge in [0, 0.05) is 12.8 Å². The molecule has 88 valence electrons. The summed E-state index contributed by atoms with van der Waals surface area (Å²) in [5, 5.41) is 0. The Labute approximate surface area is 97.4 Å². The monoisotopic (exact) mass is 220 g/mol. The number of fused-ring (bicyclic) bond motifs is 2. The lowest BCUT2D eigenvalue weighted by Gasteiger charge is -2.29. The molecule has 2 unspecified atom stereocenters. The van der Waals surface area contributed by atoms with Crippen LogP contribution in [0.15, 0.2) is 24.3 Å². The first-order valence-electron chi connectivity index (χ1n) is 6.10. The minimum Gasteiger partial charge on any atom is -0.458 e. The maximum atomic E-state index is 11.0. The highest BCUT2D eigenvalue weighted by atomic mass is 16.5. The van der Waals surface area contributed by atoms with Crippen molar-refractivity contribution in [3.8, 4) is 0 Å². The summed E-state index contributed by atoms with van der Waals surface area (Å²) in [6.07, 6.45) is 7.65. The number of allylic oxidation sites excluding steroid dienone is 2. The normalized spacial score (nSPS) is 36.4. The van der Waals surface area contributed by atoms with Gasteiger partial charge in [-0.3, -0.25) is 4.79 Å². The fourth-order valence-corrected chi connectivity index (χ4v) is 3.45. The Bertz CT molecular complexity index is 330. The first-order valence-corrected chi connectivity index (χ1v) is 6.10. The Morgan fingerprint density at radius 3 is 2.81 bits per heavy atom. The van der Waals surface area contributed by atoms with E-state index in [1.165, 1.54) is 26.2 Å². The topological polar surface area (TPSA) is 26.3 Å². The van der Waals surface area contributed by atoms with Crippen LogP contribution < -0.4 is 0 Å². The summed E-state index contributed by atoms with van der Waals surface area (Å²) in [5.41, 5.74) is 1.56. The van der Waals surface area contributed by atoms with Crippen LogP contribution in [0.25, 0.3) is 0 Å². The number of hydrogen-bond donors (Lipinski definition) is 0. The van der Waals surface area contributed by atoms with Gasteiger partial charge in [0.1, 0.15) is 6.10 Å². The summed E-state index contributed by atoms with van der Waals surface area (Å²) in [6, 6.07) is 0. The molecule has 0 saturated heterocycles. The molecule has 0 spiro atoms. The third-order valence-electron chi connectivity index (χ3n) is 4.04. The van der Waals surface area contributed by atoms with Crippen molar-refractivity contribution < 1.29 is 9.53 Å². The summed E-state index contributed by atoms with van der Waals surface area (Å²) in [5.74, 6) is 1.69. The number of hydrogen-bond acceptors (Lipinski definition) is 2. The second kappa shape index (κ2) is 4.44. The first-order chi connectivity index (χ1) is 7.65. The van der Waals surface area contributed by atoms with E-state index >= 15 is 0 Å². The molecule has 2 rings (SSSR count). The van der Waals surface area contributed by atoms with Gasteiger partial charge in [0.05, 0.1) is 0 Å². The van der Waals surface area contributed by atoms with Crippen LogP contribution in [0.3, 0.4) is 0 Å². The third kappa shape index (κ3) is 1.93. The van der Waals surface area contributed by atoms with Crippen molar-refractivity contribution in [1.29, 1.82) is 0 Å². The molecule has 0 N–H and O–H groups in total. The van der Waals surface area contributed by atoms with Gasteiger partial charge < -0.3 is 4.74 Å². The Balaban J connectivity index is 2.10. The Morgan fingerprint density at radius 2 is 2.31 bits per heavy atom. The molecule has 2 heteroatoms. The molecule has 4 atom stereocenters. The Hall–Kier alpha value is -1.05. The minimum absolute atomic E-state index is 0.0947. The van der Waals surface area contributed by atoms with Crippen molar-refractivity contribution >= 4 is 5.97 Å². The first kappa shape index (κ1) is 11.4. The SMILES string of the molecule is C=CC(OC(C)=O)C1C[C@@H]2CC(=CC)[C@H]1C2. The fourth-order valence-electron chi connectivity index (χ4n) is 3.45. The number of esters is 1. The quantitative estimate of drug-likeness (QED) is 0.539. The second-order valence-electron chi connectivity index (χ2n) is 4.99. The summed E-state index contributed by atoms with van der Waals surface area (Å²) in [7, 11) is 0. The number of ether oxygens (including phenoxy) is 1. The summed E-state index contributed by atoms with van der Waals surface area (Å²) >= 11 is 0. The van der Waals surface area contributed by atoms with Crippen molar-refractivity contribution in [1.82, 2.24) is 0 Å². The predicted octanol–water partition coefficient (Wildman–Crippen LogP) is 3.10. The molecule has 2 aliphatic rings. The zero-order valence-electron chi connectivity index (χ0n) is 10.1. The van der Waals surface area contributed by atoms with Crippen LogP contribution in [0.4, 0.5) is 0 Å². The molecule has 0 aliphatic heterocycles. The average Bonchev–Trinajstić information content (AvgIpc) is 2.84. The molecule has 16 heavy (non-hydrogen) atoms. The maximum Gasteiger partial charge on any atom is 0.303 e. The van der Waals surface area contributed by atoms with E-state index in [9.17, 15) is 4.79 Å². The van der Waals surface area contributed by atoms with Crippen LogP contribution in [0.2, 0.25) is 0 Å². The van der Waals surface area contributed by atoms with E-state index < -0.39 is 0 Å². The van der Waals surface area contributed by atoms with Crippen molar-refractivity contribution in [2.24, 2.45) is 17.8 Å². The molecule has 2 aliphatic carbocycles. The number of carbonyl (C=O) groups is 1. The lowest BCUT2D eigenvalue weighted by Crippen LogP contribution is -2.29. The number of rotatable bonds is 3. The molecule has 0 aromatic heterocycles. The minimum atomic E-state index is -0.199. The summed E-state index contributed by atoms with van der Waals surface area (Å²) in [6.45, 7) is 7.38. The molecule has 0 aromatic rings. The van der Waals surface area contributed by atoms with Gasteiger partial charge in [0.15, 0.2) is 0 Å². The maximum absolute atomic E-state index is 11.0. The van der Waals surface area contributed by atoms with E-state index in [1.807, 2.05) is 0 Å². The van der Waals surface area contributed by atoms with E-state index in [2.05, 4.69) is 19.6 Å². The zero-order chi connectivity index (χ0) is 11.7. The molecule has 2 fully saturated rings. The smallest absolute Gasteiger partial charge is 0.303 e. The van der Waals surface area contributed by atoms with Crippen molar-refractivity contribution in [2.45, 2.75) is 39.2 Å². The molecule has 0 amide bonds. The standard InChI is InChI=1S/C14H20O2/c1-4-11-6-10-7-12(11)13(8-10)14(5-2)16-9(3)15/h4-5,10,12-14H,2,6-8H2,1,3H3/t10-,12-,13?,14?/m1/s1. The van der Waals surface area contributed by atoms with E-state index in [4.69, 9.17) is 4.74 Å². The third-order valence-corrected chi connectivity index (χ3v) is 4.04. The highest BCUT2D eigenvalue weighted by Crippen LogP contribution is 2.53. The van der Waals surface area contributed by atoms with Crippen LogP contribution in [-0.2, 0) is 9.53 Å². The van der Waals surface area contributed by atoms with Gasteiger partial charge in [-0.1, -0.05) is 24.3 Å². The lowest BCUT2D eigenvalue weighted by molar-refractivity contribution is -0.146. The van der Waals surface area contributed by atoms with Crippen LogP contribution >= 0.6 is 0 Å². The van der Waals surface area contributed by atoms with Gasteiger partial charge in [0.25, 0.3) is 0 Å². The van der Waals surface area contributed by atoms with Gasteiger partial charge in [0.2, 0.25) is 0 Å². The highest BCUT2D eigenvalue weighted by molar-refractivity contribution is 5.66. The molecule has 0 aromatic carbocycles. The van der Waals surface area contributed by atoms with Crippen molar-refractivity contribution in [3.63, 3.8) is 0 Å². The molecule has 0 radical (unpaired) electrons. The Morgan fingerprint density at radius 1 is 1.56 bits per heavy atom. The highest BCUT2D eigenvalue weighted by Gasteiger charge is 2.45. The zero-order valence-corrected chi connectivity index (χ0v) is 10.1. The lowest BCUT2D eigenvalue weighted by atomic mass is 9.81. The van der Waals surface area contributed by atoms with Crippen molar-refractivity contribution in [3.05, 3.63) is 24.3 Å². The van der Waals surface area contributed by atoms with E-state index in [0.717, 1.165) is 5.92 Å². The molecular weight excluding hydrogens is 200 g/mol. The van der Waals surface area contributed by atoms with E-state index in [-0.39, 0.29) is 12.1 Å². The molecule has 2 saturated carbocycles. The molecule has 2 nitrogen and oxygen atoms in total. The molecule has 2 bridgehead atoms. The summed E-state index contributed by atoms with van der Waals surface area (Å²) in [4.78, 5) is 11.0. The van der Waals surface area contributed by atoms with Gasteiger partial charge in [-0.25, -0.2) is 0 Å². The molecular formula is C14H20O2. The van der Waals surface area contributed by atoms with Gasteiger partial charge in [-0.05, 0) is 38.0 Å². The number of carbonyl (C=O) groups excluding carboxylic acids is 1. The predicted molar refractivity (Wildman–Crippen MR) is 63.8 cm³/mol. The average molecular weight is 220 g/mol. The fraction of sp³-hybridized carbons (Fsp3) is 0.643. The van der Waals surface area contributed by atoms with Gasteiger partial charge >= 0.3 is 5.97 Å². The van der Waals surface area contributed by atoms with Gasteiger partial charge in [-0.2, -0.15) is 0 Å². The molecule has 0 heterocycles. The van der Waals surface area contributed by atoms with E-state index in [0.29, 0.717) is 11.8 Å². The van der Waals surface area contributed by atoms with Crippen LogP contribution in [0, 0.1) is 17.8 Å².